The lowest BCUT2D eigenvalue weighted by molar-refractivity contribution is -0.149. The maximum absolute atomic E-state index is 13.4. The van der Waals surface area contributed by atoms with Crippen LogP contribution in [0.15, 0.2) is 91.3 Å². The predicted molar refractivity (Wildman–Crippen MR) is 138 cm³/mol. The molecule has 0 aliphatic heterocycles. The Morgan fingerprint density at radius 1 is 0.919 bits per heavy atom. The first-order valence-corrected chi connectivity index (χ1v) is 11.8. The van der Waals surface area contributed by atoms with Crippen molar-refractivity contribution in [1.29, 1.82) is 0 Å². The van der Waals surface area contributed by atoms with Crippen LogP contribution in [0, 0.1) is 0 Å². The molecule has 2 aromatic heterocycles. The molecule has 0 aliphatic rings. The van der Waals surface area contributed by atoms with Gasteiger partial charge in [-0.25, -0.2) is 15.1 Å². The molecule has 0 radical (unpaired) electrons. The maximum Gasteiger partial charge on any atom is 0.313 e. The maximum atomic E-state index is 13.4. The minimum atomic E-state index is -1.13. The van der Waals surface area contributed by atoms with Crippen molar-refractivity contribution >= 4 is 17.6 Å². The first-order valence-electron chi connectivity index (χ1n) is 11.8. The van der Waals surface area contributed by atoms with Crippen LogP contribution in [-0.4, -0.2) is 44.5 Å². The molecule has 0 bridgehead atoms. The van der Waals surface area contributed by atoms with Crippen LogP contribution < -0.4 is 10.8 Å². The molecule has 0 spiro atoms. The highest BCUT2D eigenvalue weighted by Crippen LogP contribution is 2.19. The van der Waals surface area contributed by atoms with Gasteiger partial charge in [0.05, 0.1) is 17.4 Å². The van der Waals surface area contributed by atoms with Gasteiger partial charge in [-0.1, -0.05) is 60.7 Å². The summed E-state index contributed by atoms with van der Waals surface area (Å²) >= 11 is 0. The number of hydroxylamine groups is 1. The number of carbonyl (C=O) groups excluding carboxylic acids is 3. The molecule has 0 aliphatic carbocycles. The van der Waals surface area contributed by atoms with Crippen molar-refractivity contribution < 1.29 is 19.2 Å². The molecule has 2 N–H and O–H groups in total. The van der Waals surface area contributed by atoms with Crippen LogP contribution in [0.3, 0.4) is 0 Å². The average molecular weight is 498 g/mol. The number of amides is 2. The van der Waals surface area contributed by atoms with Crippen LogP contribution in [0.1, 0.15) is 29.8 Å². The van der Waals surface area contributed by atoms with Gasteiger partial charge in [0.25, 0.3) is 5.91 Å². The van der Waals surface area contributed by atoms with Crippen LogP contribution in [0.4, 0.5) is 0 Å². The van der Waals surface area contributed by atoms with Crippen molar-refractivity contribution in [2.45, 2.75) is 32.4 Å². The molecule has 9 nitrogen and oxygen atoms in total. The summed E-state index contributed by atoms with van der Waals surface area (Å²) in [5.74, 6) is -2.04. The SMILES string of the molecule is CC(C)ONC(=O)C(=O)[C@H](Cc1ccccc1)NC(=O)c1cccnc1-n1ccc(-c2ccccc2)n1. The third-order valence-corrected chi connectivity index (χ3v) is 5.42. The third-order valence-electron chi connectivity index (χ3n) is 5.42. The minimum absolute atomic E-state index is 0.121. The first-order chi connectivity index (χ1) is 17.9. The average Bonchev–Trinajstić information content (AvgIpc) is 3.42. The Balaban J connectivity index is 1.59. The van der Waals surface area contributed by atoms with Crippen LogP contribution in [0.5, 0.6) is 0 Å². The Labute approximate surface area is 214 Å². The van der Waals surface area contributed by atoms with E-state index in [0.29, 0.717) is 5.82 Å². The van der Waals surface area contributed by atoms with Crippen molar-refractivity contribution in [3.63, 3.8) is 0 Å². The van der Waals surface area contributed by atoms with Gasteiger partial charge >= 0.3 is 5.91 Å². The van der Waals surface area contributed by atoms with E-state index in [2.05, 4.69) is 20.9 Å². The Kier molecular flexibility index (Phi) is 8.17. The van der Waals surface area contributed by atoms with Gasteiger partial charge in [-0.05, 0) is 37.6 Å². The molecule has 1 atom stereocenters. The fraction of sp³-hybridized carbons (Fsp3) is 0.179. The van der Waals surface area contributed by atoms with E-state index < -0.39 is 23.6 Å². The molecular formula is C28H27N5O4. The second-order valence-electron chi connectivity index (χ2n) is 8.56. The van der Waals surface area contributed by atoms with Gasteiger partial charge in [0.15, 0.2) is 5.82 Å². The zero-order valence-corrected chi connectivity index (χ0v) is 20.5. The van der Waals surface area contributed by atoms with Crippen molar-refractivity contribution in [2.75, 3.05) is 0 Å². The smallest absolute Gasteiger partial charge is 0.313 e. The number of rotatable bonds is 10. The summed E-state index contributed by atoms with van der Waals surface area (Å²) in [6.07, 6.45) is 3.08. The molecule has 2 aromatic carbocycles. The molecule has 0 saturated carbocycles. The second-order valence-corrected chi connectivity index (χ2v) is 8.56. The van der Waals surface area contributed by atoms with Crippen molar-refractivity contribution in [3.05, 3.63) is 102 Å². The van der Waals surface area contributed by atoms with Gasteiger partial charge in [-0.15, -0.1) is 0 Å². The lowest BCUT2D eigenvalue weighted by atomic mass is 10.0. The highest BCUT2D eigenvalue weighted by molar-refractivity contribution is 6.38. The Morgan fingerprint density at radius 2 is 1.62 bits per heavy atom. The van der Waals surface area contributed by atoms with E-state index in [4.69, 9.17) is 4.84 Å². The number of nitrogens with zero attached hydrogens (tertiary/aromatic N) is 3. The topological polar surface area (TPSA) is 115 Å². The highest BCUT2D eigenvalue weighted by Gasteiger charge is 2.29. The van der Waals surface area contributed by atoms with Gasteiger partial charge in [-0.2, -0.15) is 5.10 Å². The number of benzene rings is 2. The standard InChI is InChI=1S/C28H27N5O4/c1-19(2)37-32-28(36)25(34)24(18-20-10-5-3-6-11-20)30-27(35)22-14-9-16-29-26(22)33-17-15-23(31-33)21-12-7-4-8-13-21/h3-17,19,24H,18H2,1-2H3,(H,30,35)(H,32,36)/t24-/m0/s1. The fourth-order valence-corrected chi connectivity index (χ4v) is 3.64. The number of carbonyl (C=O) groups is 3. The highest BCUT2D eigenvalue weighted by atomic mass is 16.7. The number of hydrogen-bond donors (Lipinski definition) is 2. The summed E-state index contributed by atoms with van der Waals surface area (Å²) in [4.78, 5) is 48.3. The number of hydrogen-bond acceptors (Lipinski definition) is 6. The lowest BCUT2D eigenvalue weighted by Crippen LogP contribution is -2.49. The van der Waals surface area contributed by atoms with Crippen LogP contribution in [0.2, 0.25) is 0 Å². The van der Waals surface area contributed by atoms with Crippen LogP contribution in [-0.2, 0) is 20.8 Å². The molecule has 37 heavy (non-hydrogen) atoms. The van der Waals surface area contributed by atoms with E-state index in [-0.39, 0.29) is 18.1 Å². The number of aromatic nitrogens is 3. The molecule has 188 valence electrons. The molecule has 4 aromatic rings. The number of pyridine rings is 1. The van der Waals surface area contributed by atoms with Gasteiger partial charge < -0.3 is 5.32 Å². The summed E-state index contributed by atoms with van der Waals surface area (Å²) in [7, 11) is 0. The summed E-state index contributed by atoms with van der Waals surface area (Å²) < 4.78 is 1.51. The van der Waals surface area contributed by atoms with Crippen LogP contribution in [0.25, 0.3) is 17.1 Å². The van der Waals surface area contributed by atoms with Gasteiger partial charge in [0.1, 0.15) is 6.04 Å². The van der Waals surface area contributed by atoms with E-state index in [0.717, 1.165) is 16.8 Å². The number of nitrogens with one attached hydrogen (secondary N) is 2. The second kappa shape index (κ2) is 11.9. The largest absolute Gasteiger partial charge is 0.341 e. The summed E-state index contributed by atoms with van der Waals surface area (Å²) in [5.41, 5.74) is 4.78. The molecular weight excluding hydrogens is 470 g/mol. The monoisotopic (exact) mass is 497 g/mol. The molecule has 2 heterocycles. The zero-order chi connectivity index (χ0) is 26.2. The van der Waals surface area contributed by atoms with E-state index >= 15 is 0 Å². The van der Waals surface area contributed by atoms with E-state index in [1.54, 1.807) is 38.4 Å². The minimum Gasteiger partial charge on any atom is -0.341 e. The Hall–Kier alpha value is -4.63. The van der Waals surface area contributed by atoms with Gasteiger partial charge in [-0.3, -0.25) is 19.2 Å². The quantitative estimate of drug-likeness (QED) is 0.257. The van der Waals surface area contributed by atoms with Crippen molar-refractivity contribution in [1.82, 2.24) is 25.6 Å². The van der Waals surface area contributed by atoms with E-state index in [9.17, 15) is 14.4 Å². The molecule has 0 unspecified atom stereocenters. The molecule has 4 rings (SSSR count). The van der Waals surface area contributed by atoms with Gasteiger partial charge in [0.2, 0.25) is 5.78 Å². The zero-order valence-electron chi connectivity index (χ0n) is 20.5. The van der Waals surface area contributed by atoms with E-state index in [1.807, 2.05) is 66.7 Å². The number of Topliss-reactive ketones (excluding diaryl/α,β-unsaturated/α-hetero) is 1. The summed E-state index contributed by atoms with van der Waals surface area (Å²) in [6, 6.07) is 22.7. The summed E-state index contributed by atoms with van der Waals surface area (Å²) in [5, 5.41) is 7.28. The number of ketones is 1. The molecule has 2 amide bonds. The Bertz CT molecular complexity index is 1370. The first kappa shape index (κ1) is 25.5. The fourth-order valence-electron chi connectivity index (χ4n) is 3.64. The molecule has 0 saturated heterocycles. The van der Waals surface area contributed by atoms with Crippen molar-refractivity contribution in [2.24, 2.45) is 0 Å². The lowest BCUT2D eigenvalue weighted by Gasteiger charge is -2.19. The predicted octanol–water partition coefficient (Wildman–Crippen LogP) is 3.30. The Morgan fingerprint density at radius 3 is 2.32 bits per heavy atom. The van der Waals surface area contributed by atoms with Crippen LogP contribution >= 0.6 is 0 Å². The normalized spacial score (nSPS) is 11.6. The summed E-state index contributed by atoms with van der Waals surface area (Å²) in [6.45, 7) is 3.44. The molecule has 9 heteroatoms. The van der Waals surface area contributed by atoms with Gasteiger partial charge in [0, 0.05) is 24.4 Å². The van der Waals surface area contributed by atoms with Crippen molar-refractivity contribution in [3.8, 4) is 17.1 Å². The molecule has 0 fully saturated rings. The van der Waals surface area contributed by atoms with E-state index in [1.165, 1.54) is 4.68 Å². The third kappa shape index (κ3) is 6.53.